The number of benzene rings is 1. The molecule has 2 fully saturated rings. The highest BCUT2D eigenvalue weighted by molar-refractivity contribution is 5.80. The highest BCUT2D eigenvalue weighted by Gasteiger charge is 2.27. The van der Waals surface area contributed by atoms with Gasteiger partial charge in [0.2, 0.25) is 5.91 Å². The number of likely N-dealkylation sites (tertiary alicyclic amines) is 2. The van der Waals surface area contributed by atoms with Gasteiger partial charge in [0.15, 0.2) is 0 Å². The minimum atomic E-state index is -0.438. The fraction of sp³-hybridized carbons (Fsp3) is 0.579. The van der Waals surface area contributed by atoms with Crippen LogP contribution in [0.5, 0.6) is 0 Å². The molecular weight excluding hydrogens is 316 g/mol. The Labute approximate surface area is 149 Å². The van der Waals surface area contributed by atoms with Crippen molar-refractivity contribution < 1.29 is 9.59 Å². The van der Waals surface area contributed by atoms with E-state index in [9.17, 15) is 9.59 Å². The van der Waals surface area contributed by atoms with Crippen molar-refractivity contribution in [3.63, 3.8) is 0 Å². The number of nitrogens with one attached hydrogen (secondary N) is 1. The molecule has 1 aromatic carbocycles. The molecule has 2 saturated heterocycles. The van der Waals surface area contributed by atoms with Crippen molar-refractivity contribution in [2.24, 2.45) is 11.7 Å². The number of piperidine rings is 1. The summed E-state index contributed by atoms with van der Waals surface area (Å²) in [7, 11) is 0. The van der Waals surface area contributed by atoms with Gasteiger partial charge in [-0.2, -0.15) is 0 Å². The Hall–Kier alpha value is -2.08. The van der Waals surface area contributed by atoms with E-state index in [-0.39, 0.29) is 11.8 Å². The van der Waals surface area contributed by atoms with E-state index in [4.69, 9.17) is 5.73 Å². The third-order valence-electron chi connectivity index (χ3n) is 5.17. The molecule has 0 bridgehead atoms. The van der Waals surface area contributed by atoms with Crippen molar-refractivity contribution in [2.75, 3.05) is 26.2 Å². The SMILES string of the molecule is NC(=O)N1CCC[C@H](C(=O)NCc2cccc(CN3CCCC3)c2)C1. The minimum absolute atomic E-state index is 0.0101. The largest absolute Gasteiger partial charge is 0.352 e. The molecule has 0 aliphatic carbocycles. The Bertz CT molecular complexity index is 613. The molecule has 6 heteroatoms. The molecule has 2 aliphatic heterocycles. The number of nitrogens with zero attached hydrogens (tertiary/aromatic N) is 2. The zero-order chi connectivity index (χ0) is 17.6. The fourth-order valence-corrected chi connectivity index (χ4v) is 3.76. The lowest BCUT2D eigenvalue weighted by molar-refractivity contribution is -0.126. The van der Waals surface area contributed by atoms with Crippen LogP contribution in [0.1, 0.15) is 36.8 Å². The number of carbonyl (C=O) groups excluding carboxylic acids is 2. The van der Waals surface area contributed by atoms with Crippen LogP contribution in [-0.4, -0.2) is 47.9 Å². The first kappa shape index (κ1) is 17.7. The first-order chi connectivity index (χ1) is 12.1. The van der Waals surface area contributed by atoms with Crippen LogP contribution in [-0.2, 0) is 17.9 Å². The van der Waals surface area contributed by atoms with Crippen LogP contribution in [0.3, 0.4) is 0 Å². The molecule has 6 nitrogen and oxygen atoms in total. The number of rotatable bonds is 5. The molecule has 0 radical (unpaired) electrons. The summed E-state index contributed by atoms with van der Waals surface area (Å²) in [6, 6.07) is 7.99. The van der Waals surface area contributed by atoms with Gasteiger partial charge < -0.3 is 16.0 Å². The highest BCUT2D eigenvalue weighted by Crippen LogP contribution is 2.17. The lowest BCUT2D eigenvalue weighted by Crippen LogP contribution is -2.47. The van der Waals surface area contributed by atoms with Crippen LogP contribution in [0.25, 0.3) is 0 Å². The van der Waals surface area contributed by atoms with E-state index in [1.165, 1.54) is 31.5 Å². The molecule has 1 aromatic rings. The van der Waals surface area contributed by atoms with E-state index in [2.05, 4.69) is 28.4 Å². The quantitative estimate of drug-likeness (QED) is 0.853. The molecule has 0 spiro atoms. The smallest absolute Gasteiger partial charge is 0.314 e. The summed E-state index contributed by atoms with van der Waals surface area (Å²) in [6.45, 7) is 4.95. The second kappa shape index (κ2) is 8.34. The predicted octanol–water partition coefficient (Wildman–Crippen LogP) is 1.69. The Morgan fingerprint density at radius 2 is 1.88 bits per heavy atom. The lowest BCUT2D eigenvalue weighted by Gasteiger charge is -2.30. The molecule has 1 atom stereocenters. The topological polar surface area (TPSA) is 78.7 Å². The average molecular weight is 344 g/mol. The van der Waals surface area contributed by atoms with Crippen LogP contribution < -0.4 is 11.1 Å². The van der Waals surface area contributed by atoms with E-state index in [1.54, 1.807) is 4.90 Å². The third-order valence-corrected chi connectivity index (χ3v) is 5.17. The number of primary amides is 1. The number of hydrogen-bond acceptors (Lipinski definition) is 3. The number of hydrogen-bond donors (Lipinski definition) is 2. The Morgan fingerprint density at radius 1 is 1.12 bits per heavy atom. The number of amides is 3. The molecule has 0 saturated carbocycles. The lowest BCUT2D eigenvalue weighted by atomic mass is 9.97. The fourth-order valence-electron chi connectivity index (χ4n) is 3.76. The summed E-state index contributed by atoms with van der Waals surface area (Å²) < 4.78 is 0. The van der Waals surface area contributed by atoms with Gasteiger partial charge in [-0.25, -0.2) is 4.79 Å². The second-order valence-corrected chi connectivity index (χ2v) is 7.14. The van der Waals surface area contributed by atoms with Gasteiger partial charge >= 0.3 is 6.03 Å². The molecule has 2 heterocycles. The number of urea groups is 1. The first-order valence-corrected chi connectivity index (χ1v) is 9.24. The van der Waals surface area contributed by atoms with Gasteiger partial charge in [-0.1, -0.05) is 24.3 Å². The van der Waals surface area contributed by atoms with E-state index >= 15 is 0 Å². The van der Waals surface area contributed by atoms with Crippen LogP contribution in [0.4, 0.5) is 4.79 Å². The normalized spacial score (nSPS) is 21.3. The molecular formula is C19H28N4O2. The van der Waals surface area contributed by atoms with Crippen molar-refractivity contribution in [1.29, 1.82) is 0 Å². The van der Waals surface area contributed by atoms with Gasteiger partial charge in [-0.15, -0.1) is 0 Å². The van der Waals surface area contributed by atoms with Crippen molar-refractivity contribution >= 4 is 11.9 Å². The molecule has 0 aromatic heterocycles. The molecule has 0 unspecified atom stereocenters. The van der Waals surface area contributed by atoms with Gasteiger partial charge in [-0.05, 0) is 49.9 Å². The standard InChI is InChI=1S/C19H28N4O2/c20-19(25)23-10-4-7-17(14-23)18(24)21-12-15-5-3-6-16(11-15)13-22-8-1-2-9-22/h3,5-6,11,17H,1-2,4,7-10,12-14H2,(H2,20,25)(H,21,24)/t17-/m0/s1. The van der Waals surface area contributed by atoms with E-state index in [0.29, 0.717) is 19.6 Å². The summed E-state index contributed by atoms with van der Waals surface area (Å²) >= 11 is 0. The Kier molecular flexibility index (Phi) is 5.91. The van der Waals surface area contributed by atoms with E-state index < -0.39 is 6.03 Å². The van der Waals surface area contributed by atoms with Crippen molar-refractivity contribution in [1.82, 2.24) is 15.1 Å². The monoisotopic (exact) mass is 344 g/mol. The Morgan fingerprint density at radius 3 is 2.64 bits per heavy atom. The van der Waals surface area contributed by atoms with Gasteiger partial charge in [0.05, 0.1) is 5.92 Å². The van der Waals surface area contributed by atoms with Crippen LogP contribution >= 0.6 is 0 Å². The van der Waals surface area contributed by atoms with Crippen LogP contribution in [0, 0.1) is 5.92 Å². The minimum Gasteiger partial charge on any atom is -0.352 e. The molecule has 3 N–H and O–H groups in total. The maximum Gasteiger partial charge on any atom is 0.314 e. The maximum absolute atomic E-state index is 12.4. The average Bonchev–Trinajstić information content (AvgIpc) is 3.13. The summed E-state index contributed by atoms with van der Waals surface area (Å²) in [5.74, 6) is -0.148. The third kappa shape index (κ3) is 4.95. The molecule has 3 rings (SSSR count). The maximum atomic E-state index is 12.4. The highest BCUT2D eigenvalue weighted by atomic mass is 16.2. The van der Waals surface area contributed by atoms with Crippen molar-refractivity contribution in [3.05, 3.63) is 35.4 Å². The van der Waals surface area contributed by atoms with E-state index in [0.717, 1.165) is 24.9 Å². The van der Waals surface area contributed by atoms with Gasteiger partial charge in [0.25, 0.3) is 0 Å². The van der Waals surface area contributed by atoms with Crippen molar-refractivity contribution in [2.45, 2.75) is 38.8 Å². The van der Waals surface area contributed by atoms with Crippen molar-refractivity contribution in [3.8, 4) is 0 Å². The number of carbonyl (C=O) groups is 2. The van der Waals surface area contributed by atoms with Gasteiger partial charge in [0.1, 0.15) is 0 Å². The Balaban J connectivity index is 1.50. The first-order valence-electron chi connectivity index (χ1n) is 9.24. The van der Waals surface area contributed by atoms with Gasteiger partial charge in [0, 0.05) is 26.2 Å². The second-order valence-electron chi connectivity index (χ2n) is 7.14. The van der Waals surface area contributed by atoms with E-state index in [1.807, 2.05) is 6.07 Å². The summed E-state index contributed by atoms with van der Waals surface area (Å²) in [6.07, 6.45) is 4.22. The van der Waals surface area contributed by atoms with Crippen LogP contribution in [0.15, 0.2) is 24.3 Å². The predicted molar refractivity (Wildman–Crippen MR) is 96.7 cm³/mol. The summed E-state index contributed by atoms with van der Waals surface area (Å²) in [5, 5.41) is 3.02. The van der Waals surface area contributed by atoms with Gasteiger partial charge in [-0.3, -0.25) is 9.69 Å². The molecule has 25 heavy (non-hydrogen) atoms. The van der Waals surface area contributed by atoms with Crippen LogP contribution in [0.2, 0.25) is 0 Å². The molecule has 136 valence electrons. The summed E-state index contributed by atoms with van der Waals surface area (Å²) in [5.41, 5.74) is 7.75. The zero-order valence-electron chi connectivity index (χ0n) is 14.7. The molecule has 3 amide bonds. The molecule has 2 aliphatic rings. The summed E-state index contributed by atoms with van der Waals surface area (Å²) in [4.78, 5) is 27.7. The number of nitrogens with two attached hydrogens (primary N) is 1. The zero-order valence-corrected chi connectivity index (χ0v) is 14.7.